The Morgan fingerprint density at radius 1 is 1.00 bits per heavy atom. The van der Waals surface area contributed by atoms with Crippen molar-refractivity contribution in [3.8, 4) is 0 Å². The molecule has 0 heterocycles. The van der Waals surface area contributed by atoms with E-state index in [0.717, 1.165) is 29.8 Å². The molecule has 2 aromatic rings. The Hall–Kier alpha value is -2.62. The van der Waals surface area contributed by atoms with Gasteiger partial charge in [-0.1, -0.05) is 61.9 Å². The van der Waals surface area contributed by atoms with Crippen molar-refractivity contribution in [3.63, 3.8) is 0 Å². The molecule has 0 atom stereocenters. The van der Waals surface area contributed by atoms with Crippen LogP contribution in [0, 0.1) is 0 Å². The molecule has 0 radical (unpaired) electrons. The van der Waals surface area contributed by atoms with Gasteiger partial charge in [0, 0.05) is 5.69 Å². The van der Waals surface area contributed by atoms with Crippen LogP contribution in [0.5, 0.6) is 0 Å². The van der Waals surface area contributed by atoms with E-state index in [4.69, 9.17) is 0 Å². The van der Waals surface area contributed by atoms with Crippen LogP contribution >= 0.6 is 0 Å². The number of hydrogen-bond acceptors (Lipinski definition) is 3. The first-order chi connectivity index (χ1) is 10.8. The van der Waals surface area contributed by atoms with Crippen molar-refractivity contribution >= 4 is 17.3 Å². The van der Waals surface area contributed by atoms with Crippen LogP contribution in [0.2, 0.25) is 0 Å². The first kappa shape index (κ1) is 15.8. The lowest BCUT2D eigenvalue weighted by Crippen LogP contribution is -2.27. The maximum Gasteiger partial charge on any atom is 0.259 e. The van der Waals surface area contributed by atoms with E-state index in [-0.39, 0.29) is 12.5 Å². The van der Waals surface area contributed by atoms with Gasteiger partial charge in [0.1, 0.15) is 0 Å². The number of nitrogens with one attached hydrogen (secondary N) is 2. The molecule has 2 aromatic carbocycles. The summed E-state index contributed by atoms with van der Waals surface area (Å²) < 4.78 is 0. The van der Waals surface area contributed by atoms with Crippen molar-refractivity contribution in [2.75, 3.05) is 11.9 Å². The second-order valence-corrected chi connectivity index (χ2v) is 4.93. The van der Waals surface area contributed by atoms with Gasteiger partial charge in [-0.2, -0.15) is 5.10 Å². The summed E-state index contributed by atoms with van der Waals surface area (Å²) in [5, 5.41) is 7.33. The second kappa shape index (κ2) is 8.62. The highest BCUT2D eigenvalue weighted by Crippen LogP contribution is 2.06. The quantitative estimate of drug-likeness (QED) is 0.607. The number of benzene rings is 2. The van der Waals surface area contributed by atoms with Crippen molar-refractivity contribution in [1.82, 2.24) is 5.43 Å². The molecule has 0 unspecified atom stereocenters. The smallest absolute Gasteiger partial charge is 0.259 e. The van der Waals surface area contributed by atoms with Crippen LogP contribution in [0.1, 0.15) is 25.3 Å². The number of hydrazone groups is 1. The minimum absolute atomic E-state index is 0.159. The van der Waals surface area contributed by atoms with Gasteiger partial charge in [0.15, 0.2) is 0 Å². The van der Waals surface area contributed by atoms with Gasteiger partial charge in [-0.05, 0) is 24.1 Å². The van der Waals surface area contributed by atoms with Gasteiger partial charge in [0.25, 0.3) is 5.91 Å². The fraction of sp³-hybridized carbons (Fsp3) is 0.222. The lowest BCUT2D eigenvalue weighted by Gasteiger charge is -2.07. The molecule has 0 bridgehead atoms. The maximum absolute atomic E-state index is 11.9. The van der Waals surface area contributed by atoms with Crippen LogP contribution in [0.25, 0.3) is 0 Å². The zero-order valence-electron chi connectivity index (χ0n) is 12.8. The predicted molar refractivity (Wildman–Crippen MR) is 91.0 cm³/mol. The third-order valence-electron chi connectivity index (χ3n) is 3.14. The second-order valence-electron chi connectivity index (χ2n) is 4.93. The molecule has 0 saturated carbocycles. The van der Waals surface area contributed by atoms with E-state index < -0.39 is 0 Å². The number of rotatable bonds is 7. The average Bonchev–Trinajstić information content (AvgIpc) is 2.58. The van der Waals surface area contributed by atoms with Crippen LogP contribution < -0.4 is 10.7 Å². The summed E-state index contributed by atoms with van der Waals surface area (Å²) in [5.74, 6) is -0.159. The van der Waals surface area contributed by atoms with Gasteiger partial charge < -0.3 is 5.32 Å². The lowest BCUT2D eigenvalue weighted by atomic mass is 10.1. The summed E-state index contributed by atoms with van der Waals surface area (Å²) >= 11 is 0. The van der Waals surface area contributed by atoms with E-state index >= 15 is 0 Å². The van der Waals surface area contributed by atoms with Crippen LogP contribution in [0.15, 0.2) is 65.8 Å². The Bertz CT molecular complexity index is 609. The fourth-order valence-electron chi connectivity index (χ4n) is 2.04. The van der Waals surface area contributed by atoms with Crippen LogP contribution in [0.3, 0.4) is 0 Å². The van der Waals surface area contributed by atoms with E-state index in [0.29, 0.717) is 0 Å². The topological polar surface area (TPSA) is 53.5 Å². The lowest BCUT2D eigenvalue weighted by molar-refractivity contribution is -0.119. The summed E-state index contributed by atoms with van der Waals surface area (Å²) in [6.45, 7) is 2.29. The summed E-state index contributed by atoms with van der Waals surface area (Å²) in [5.41, 5.74) is 5.48. The molecule has 1 amide bonds. The number of para-hydroxylation sites is 1. The normalized spacial score (nSPS) is 11.0. The summed E-state index contributed by atoms with van der Waals surface area (Å²) in [4.78, 5) is 11.9. The van der Waals surface area contributed by atoms with Gasteiger partial charge >= 0.3 is 0 Å². The molecule has 0 aliphatic heterocycles. The van der Waals surface area contributed by atoms with Gasteiger partial charge in [-0.15, -0.1) is 0 Å². The minimum Gasteiger partial charge on any atom is -0.376 e. The first-order valence-corrected chi connectivity index (χ1v) is 7.49. The number of anilines is 1. The Balaban J connectivity index is 1.91. The van der Waals surface area contributed by atoms with Gasteiger partial charge in [-0.25, -0.2) is 5.43 Å². The molecule has 0 aliphatic rings. The monoisotopic (exact) mass is 295 g/mol. The van der Waals surface area contributed by atoms with Crippen LogP contribution in [-0.2, 0) is 4.79 Å². The Morgan fingerprint density at radius 2 is 1.64 bits per heavy atom. The number of hydrogen-bond donors (Lipinski definition) is 2. The van der Waals surface area contributed by atoms with Crippen molar-refractivity contribution in [2.24, 2.45) is 5.10 Å². The molecule has 0 aromatic heterocycles. The highest BCUT2D eigenvalue weighted by Gasteiger charge is 2.04. The van der Waals surface area contributed by atoms with Crippen molar-refractivity contribution in [3.05, 3.63) is 66.2 Å². The molecule has 4 heteroatoms. The molecule has 22 heavy (non-hydrogen) atoms. The molecule has 0 saturated heterocycles. The SMILES string of the molecule is CCC/C(=N/NC(=O)CNc1ccccc1)c1ccccc1. The standard InChI is InChI=1S/C18H21N3O/c1-2-9-17(15-10-5-3-6-11-15)20-21-18(22)14-19-16-12-7-4-8-13-16/h3-8,10-13,19H,2,9,14H2,1H3,(H,21,22)/b20-17-. The van der Waals surface area contributed by atoms with Gasteiger partial charge in [0.05, 0.1) is 12.3 Å². The number of carbonyl (C=O) groups excluding carboxylic acids is 1. The zero-order chi connectivity index (χ0) is 15.6. The minimum atomic E-state index is -0.159. The number of nitrogens with zero attached hydrogens (tertiary/aromatic N) is 1. The zero-order valence-corrected chi connectivity index (χ0v) is 12.8. The van der Waals surface area contributed by atoms with Crippen molar-refractivity contribution in [1.29, 1.82) is 0 Å². The third kappa shape index (κ3) is 5.05. The Kier molecular flexibility index (Phi) is 6.18. The highest BCUT2D eigenvalue weighted by atomic mass is 16.2. The number of amides is 1. The Labute approximate surface area is 131 Å². The molecule has 0 spiro atoms. The van der Waals surface area contributed by atoms with Crippen molar-refractivity contribution < 1.29 is 4.79 Å². The van der Waals surface area contributed by atoms with E-state index in [1.807, 2.05) is 60.7 Å². The molecule has 4 nitrogen and oxygen atoms in total. The van der Waals surface area contributed by atoms with Crippen LogP contribution in [0.4, 0.5) is 5.69 Å². The molecule has 0 aliphatic carbocycles. The van der Waals surface area contributed by atoms with Crippen molar-refractivity contribution in [2.45, 2.75) is 19.8 Å². The van der Waals surface area contributed by atoms with Crippen LogP contribution in [-0.4, -0.2) is 18.2 Å². The predicted octanol–water partition coefficient (Wildman–Crippen LogP) is 3.42. The molecule has 0 fully saturated rings. The molecule has 114 valence electrons. The largest absolute Gasteiger partial charge is 0.376 e. The summed E-state index contributed by atoms with van der Waals surface area (Å²) in [7, 11) is 0. The maximum atomic E-state index is 11.9. The molecular formula is C18H21N3O. The highest BCUT2D eigenvalue weighted by molar-refractivity contribution is 6.01. The molecule has 2 rings (SSSR count). The van der Waals surface area contributed by atoms with E-state index in [1.54, 1.807) is 0 Å². The fourth-order valence-corrected chi connectivity index (χ4v) is 2.04. The first-order valence-electron chi connectivity index (χ1n) is 7.49. The molecule has 2 N–H and O–H groups in total. The average molecular weight is 295 g/mol. The third-order valence-corrected chi connectivity index (χ3v) is 3.14. The molecular weight excluding hydrogens is 274 g/mol. The van der Waals surface area contributed by atoms with Gasteiger partial charge in [0.2, 0.25) is 0 Å². The van der Waals surface area contributed by atoms with E-state index in [1.165, 1.54) is 0 Å². The van der Waals surface area contributed by atoms with E-state index in [2.05, 4.69) is 22.8 Å². The van der Waals surface area contributed by atoms with Gasteiger partial charge in [-0.3, -0.25) is 4.79 Å². The number of carbonyl (C=O) groups is 1. The van der Waals surface area contributed by atoms with E-state index in [9.17, 15) is 4.79 Å². The Morgan fingerprint density at radius 3 is 2.27 bits per heavy atom. The summed E-state index contributed by atoms with van der Waals surface area (Å²) in [6, 6.07) is 19.5. The summed E-state index contributed by atoms with van der Waals surface area (Å²) in [6.07, 6.45) is 1.81.